The van der Waals surface area contributed by atoms with E-state index in [0.717, 1.165) is 0 Å². The first-order chi connectivity index (χ1) is 5.77. The van der Waals surface area contributed by atoms with Gasteiger partial charge in [-0.25, -0.2) is 0 Å². The molecule has 1 rings (SSSR count). The Kier molecular flexibility index (Phi) is 3.05. The minimum atomic E-state index is -0.611. The Morgan fingerprint density at radius 2 is 2.17 bits per heavy atom. The number of aliphatic hydroxyl groups excluding tert-OH is 1. The van der Waals surface area contributed by atoms with Crippen molar-refractivity contribution in [2.45, 2.75) is 5.92 Å². The maximum atomic E-state index is 12.2. The third kappa shape index (κ3) is 1.95. The lowest BCUT2D eigenvalue weighted by Crippen LogP contribution is -2.05. The van der Waals surface area contributed by atoms with E-state index >= 15 is 0 Å². The van der Waals surface area contributed by atoms with Gasteiger partial charge >= 0.3 is 0 Å². The molecule has 0 saturated heterocycles. The lowest BCUT2D eigenvalue weighted by molar-refractivity contribution is 0.241. The monoisotopic (exact) mass is 170 g/mol. The Balaban J connectivity index is 2.85. The van der Waals surface area contributed by atoms with Crippen molar-refractivity contribution < 1.29 is 14.6 Å². The van der Waals surface area contributed by atoms with E-state index in [1.807, 2.05) is 0 Å². The van der Waals surface area contributed by atoms with Gasteiger partial charge in [0.15, 0.2) is 0 Å². The molecule has 0 radical (unpaired) electrons. The summed E-state index contributed by atoms with van der Waals surface area (Å²) in [4.78, 5) is 0. The van der Waals surface area contributed by atoms with Crippen molar-refractivity contribution in [3.63, 3.8) is 0 Å². The Bertz CT molecular complexity index is 246. The second kappa shape index (κ2) is 4.07. The number of phenols is 1. The van der Waals surface area contributed by atoms with Crippen LogP contribution in [-0.4, -0.2) is 23.5 Å². The molecule has 0 aliphatic rings. The highest BCUT2D eigenvalue weighted by Gasteiger charge is 2.09. The molecule has 1 atom stereocenters. The second-order valence-corrected chi connectivity index (χ2v) is 2.63. The van der Waals surface area contributed by atoms with Gasteiger partial charge in [-0.1, -0.05) is 12.1 Å². The summed E-state index contributed by atoms with van der Waals surface area (Å²) in [7, 11) is 0. The minimum Gasteiger partial charge on any atom is -0.508 e. The minimum absolute atomic E-state index is 0.0967. The zero-order valence-electron chi connectivity index (χ0n) is 6.57. The van der Waals surface area contributed by atoms with Crippen LogP contribution in [0.5, 0.6) is 5.75 Å². The maximum absolute atomic E-state index is 12.2. The van der Waals surface area contributed by atoms with Crippen molar-refractivity contribution in [2.24, 2.45) is 0 Å². The highest BCUT2D eigenvalue weighted by molar-refractivity contribution is 5.29. The highest BCUT2D eigenvalue weighted by atomic mass is 19.1. The van der Waals surface area contributed by atoms with Crippen LogP contribution in [0.2, 0.25) is 0 Å². The molecule has 0 aromatic heterocycles. The van der Waals surface area contributed by atoms with E-state index < -0.39 is 12.6 Å². The molecule has 2 N–H and O–H groups in total. The van der Waals surface area contributed by atoms with E-state index in [-0.39, 0.29) is 12.4 Å². The summed E-state index contributed by atoms with van der Waals surface area (Å²) in [6.07, 6.45) is 0. The van der Waals surface area contributed by atoms with Gasteiger partial charge in [0, 0.05) is 5.92 Å². The molecule has 0 saturated carbocycles. The third-order valence-electron chi connectivity index (χ3n) is 1.75. The van der Waals surface area contributed by atoms with Crippen molar-refractivity contribution in [3.05, 3.63) is 29.8 Å². The molecule has 0 heterocycles. The van der Waals surface area contributed by atoms with Gasteiger partial charge in [-0.05, 0) is 17.7 Å². The van der Waals surface area contributed by atoms with Crippen molar-refractivity contribution in [3.8, 4) is 5.75 Å². The maximum Gasteiger partial charge on any atom is 0.115 e. The van der Waals surface area contributed by atoms with Crippen LogP contribution < -0.4 is 0 Å². The fraction of sp³-hybridized carbons (Fsp3) is 0.333. The van der Waals surface area contributed by atoms with Crippen molar-refractivity contribution in [1.82, 2.24) is 0 Å². The number of hydrogen-bond acceptors (Lipinski definition) is 2. The number of aromatic hydroxyl groups is 1. The summed E-state index contributed by atoms with van der Waals surface area (Å²) in [5.41, 5.74) is 0.625. The van der Waals surface area contributed by atoms with Crippen LogP contribution >= 0.6 is 0 Å². The van der Waals surface area contributed by atoms with Crippen LogP contribution in [0.3, 0.4) is 0 Å². The molecule has 3 heteroatoms. The Morgan fingerprint density at radius 1 is 1.42 bits per heavy atom. The number of benzene rings is 1. The molecule has 0 fully saturated rings. The summed E-state index contributed by atoms with van der Waals surface area (Å²) in [5, 5.41) is 17.8. The van der Waals surface area contributed by atoms with Crippen molar-refractivity contribution >= 4 is 0 Å². The second-order valence-electron chi connectivity index (χ2n) is 2.63. The van der Waals surface area contributed by atoms with Gasteiger partial charge in [0.1, 0.15) is 5.75 Å². The molecular weight excluding hydrogens is 159 g/mol. The number of aliphatic hydroxyl groups is 1. The summed E-state index contributed by atoms with van der Waals surface area (Å²) < 4.78 is 12.2. The van der Waals surface area contributed by atoms with Crippen LogP contribution in [-0.2, 0) is 0 Å². The first-order valence-electron chi connectivity index (χ1n) is 3.73. The van der Waals surface area contributed by atoms with Gasteiger partial charge in [0.25, 0.3) is 0 Å². The highest BCUT2D eigenvalue weighted by Crippen LogP contribution is 2.19. The van der Waals surface area contributed by atoms with Gasteiger partial charge < -0.3 is 10.2 Å². The topological polar surface area (TPSA) is 40.5 Å². The largest absolute Gasteiger partial charge is 0.508 e. The predicted molar refractivity (Wildman–Crippen MR) is 43.9 cm³/mol. The third-order valence-corrected chi connectivity index (χ3v) is 1.75. The quantitative estimate of drug-likeness (QED) is 0.720. The number of halogens is 1. The predicted octanol–water partition coefficient (Wildman–Crippen LogP) is 1.44. The van der Waals surface area contributed by atoms with Crippen LogP contribution in [0, 0.1) is 0 Å². The summed E-state index contributed by atoms with van der Waals surface area (Å²) in [6.45, 7) is -0.847. The molecule has 0 spiro atoms. The average molecular weight is 170 g/mol. The van der Waals surface area contributed by atoms with Gasteiger partial charge in [-0.2, -0.15) is 0 Å². The molecule has 1 unspecified atom stereocenters. The first-order valence-corrected chi connectivity index (χ1v) is 3.73. The zero-order valence-corrected chi connectivity index (χ0v) is 6.57. The smallest absolute Gasteiger partial charge is 0.115 e. The van der Waals surface area contributed by atoms with Crippen molar-refractivity contribution in [2.75, 3.05) is 13.3 Å². The SMILES string of the molecule is OCC(CF)c1cccc(O)c1. The molecule has 12 heavy (non-hydrogen) atoms. The number of hydrogen-bond donors (Lipinski definition) is 2. The first kappa shape index (κ1) is 9.00. The summed E-state index contributed by atoms with van der Waals surface area (Å²) in [6, 6.07) is 6.28. The molecule has 1 aromatic rings. The van der Waals surface area contributed by atoms with Gasteiger partial charge in [-0.3, -0.25) is 4.39 Å². The van der Waals surface area contributed by atoms with Crippen LogP contribution in [0.1, 0.15) is 11.5 Å². The molecule has 0 amide bonds. The van der Waals surface area contributed by atoms with E-state index in [1.54, 1.807) is 12.1 Å². The van der Waals surface area contributed by atoms with Crippen LogP contribution in [0.25, 0.3) is 0 Å². The lowest BCUT2D eigenvalue weighted by Gasteiger charge is -2.09. The van der Waals surface area contributed by atoms with Gasteiger partial charge in [-0.15, -0.1) is 0 Å². The van der Waals surface area contributed by atoms with E-state index in [9.17, 15) is 4.39 Å². The molecule has 0 aliphatic carbocycles. The van der Waals surface area contributed by atoms with Crippen LogP contribution in [0.4, 0.5) is 4.39 Å². The van der Waals surface area contributed by atoms with E-state index in [4.69, 9.17) is 10.2 Å². The lowest BCUT2D eigenvalue weighted by atomic mass is 10.0. The zero-order chi connectivity index (χ0) is 8.97. The van der Waals surface area contributed by atoms with Crippen molar-refractivity contribution in [1.29, 1.82) is 0 Å². The fourth-order valence-electron chi connectivity index (χ4n) is 1.02. The summed E-state index contributed by atoms with van der Waals surface area (Å²) in [5.74, 6) is -0.420. The molecule has 66 valence electrons. The van der Waals surface area contributed by atoms with Crippen LogP contribution in [0.15, 0.2) is 24.3 Å². The average Bonchev–Trinajstić information content (AvgIpc) is 2.07. The van der Waals surface area contributed by atoms with E-state index in [0.29, 0.717) is 5.56 Å². The summed E-state index contributed by atoms with van der Waals surface area (Å²) >= 11 is 0. The number of rotatable bonds is 3. The van der Waals surface area contributed by atoms with Gasteiger partial charge in [0.2, 0.25) is 0 Å². The molecule has 2 nitrogen and oxygen atoms in total. The molecular formula is C9H11FO2. The molecule has 0 aliphatic heterocycles. The van der Waals surface area contributed by atoms with E-state index in [2.05, 4.69) is 0 Å². The molecule has 0 bridgehead atoms. The van der Waals surface area contributed by atoms with Gasteiger partial charge in [0.05, 0.1) is 13.3 Å². The standard InChI is InChI=1S/C9H11FO2/c10-5-8(6-11)7-2-1-3-9(12)4-7/h1-4,8,11-12H,5-6H2. The molecule has 1 aromatic carbocycles. The normalized spacial score (nSPS) is 12.8. The van der Waals surface area contributed by atoms with E-state index in [1.165, 1.54) is 12.1 Å². The Morgan fingerprint density at radius 3 is 2.67 bits per heavy atom. The fourth-order valence-corrected chi connectivity index (χ4v) is 1.02. The Hall–Kier alpha value is -1.09. The Labute approximate surface area is 70.3 Å². The number of phenolic OH excluding ortho intramolecular Hbond substituents is 1. The number of alkyl halides is 1.